The Labute approximate surface area is 99.1 Å². The molecule has 2 saturated heterocycles. The smallest absolute Gasteiger partial charge is 0.353 e. The van der Waals surface area contributed by atoms with Crippen LogP contribution in [0.2, 0.25) is 0 Å². The SMILES string of the molecule is [B]C1OC(COP(C)(=O)O)C2OC(=S)OC12. The molecule has 2 fully saturated rings. The van der Waals surface area contributed by atoms with Crippen LogP contribution < -0.4 is 0 Å². The fourth-order valence-electron chi connectivity index (χ4n) is 1.63. The van der Waals surface area contributed by atoms with Gasteiger partial charge in [-0.3, -0.25) is 4.57 Å². The highest BCUT2D eigenvalue weighted by Crippen LogP contribution is 2.39. The summed E-state index contributed by atoms with van der Waals surface area (Å²) < 4.78 is 31.3. The van der Waals surface area contributed by atoms with E-state index in [2.05, 4.69) is 0 Å². The summed E-state index contributed by atoms with van der Waals surface area (Å²) in [6.45, 7) is 1.00. The minimum Gasteiger partial charge on any atom is -0.448 e. The Bertz CT molecular complexity index is 346. The molecule has 88 valence electrons. The van der Waals surface area contributed by atoms with E-state index < -0.39 is 31.9 Å². The summed E-state index contributed by atoms with van der Waals surface area (Å²) in [7, 11) is 2.10. The lowest BCUT2D eigenvalue weighted by molar-refractivity contribution is 0.000794. The largest absolute Gasteiger partial charge is 0.448 e. The molecule has 0 amide bonds. The first-order valence-corrected chi connectivity index (χ1v) is 7.03. The monoisotopic (exact) mass is 264 g/mol. The number of hydrogen-bond acceptors (Lipinski definition) is 6. The molecular formula is C7H10BO6PS. The first-order valence-electron chi connectivity index (χ1n) is 4.60. The molecular weight excluding hydrogens is 254 g/mol. The van der Waals surface area contributed by atoms with Crippen molar-refractivity contribution in [2.24, 2.45) is 0 Å². The summed E-state index contributed by atoms with van der Waals surface area (Å²) in [6, 6.07) is -0.672. The van der Waals surface area contributed by atoms with Crippen LogP contribution in [0.4, 0.5) is 0 Å². The molecule has 16 heavy (non-hydrogen) atoms. The summed E-state index contributed by atoms with van der Waals surface area (Å²) in [6.07, 6.45) is -1.51. The van der Waals surface area contributed by atoms with Gasteiger partial charge in [-0.25, -0.2) is 0 Å². The van der Waals surface area contributed by atoms with Crippen molar-refractivity contribution < 1.29 is 28.2 Å². The van der Waals surface area contributed by atoms with E-state index in [1.54, 1.807) is 0 Å². The van der Waals surface area contributed by atoms with E-state index in [4.69, 9.17) is 43.7 Å². The fraction of sp³-hybridized carbons (Fsp3) is 0.857. The average molecular weight is 264 g/mol. The summed E-state index contributed by atoms with van der Waals surface area (Å²) >= 11 is 4.74. The molecule has 0 aromatic rings. The molecule has 0 aromatic carbocycles. The Kier molecular flexibility index (Phi) is 3.29. The topological polar surface area (TPSA) is 74.2 Å². The second kappa shape index (κ2) is 4.27. The van der Waals surface area contributed by atoms with Crippen LogP contribution in [0, 0.1) is 0 Å². The van der Waals surface area contributed by atoms with Crippen LogP contribution in [0.15, 0.2) is 0 Å². The third kappa shape index (κ3) is 2.57. The van der Waals surface area contributed by atoms with Gasteiger partial charge in [-0.2, -0.15) is 0 Å². The molecule has 5 unspecified atom stereocenters. The van der Waals surface area contributed by atoms with Gasteiger partial charge in [0.15, 0.2) is 12.2 Å². The van der Waals surface area contributed by atoms with Gasteiger partial charge >= 0.3 is 12.8 Å². The lowest BCUT2D eigenvalue weighted by Crippen LogP contribution is -2.31. The molecule has 0 saturated carbocycles. The molecule has 5 atom stereocenters. The Morgan fingerprint density at radius 1 is 1.56 bits per heavy atom. The van der Waals surface area contributed by atoms with Crippen molar-refractivity contribution in [3.63, 3.8) is 0 Å². The quantitative estimate of drug-likeness (QED) is 0.429. The van der Waals surface area contributed by atoms with Crippen LogP contribution in [0.1, 0.15) is 0 Å². The van der Waals surface area contributed by atoms with E-state index in [1.807, 2.05) is 0 Å². The second-order valence-electron chi connectivity index (χ2n) is 3.65. The van der Waals surface area contributed by atoms with Crippen molar-refractivity contribution in [1.29, 1.82) is 0 Å². The predicted molar refractivity (Wildman–Crippen MR) is 58.5 cm³/mol. The Morgan fingerprint density at radius 2 is 2.19 bits per heavy atom. The van der Waals surface area contributed by atoms with E-state index in [0.29, 0.717) is 0 Å². The first kappa shape index (κ1) is 12.3. The number of rotatable bonds is 3. The molecule has 2 rings (SSSR count). The number of ether oxygens (including phenoxy) is 3. The van der Waals surface area contributed by atoms with E-state index in [9.17, 15) is 4.57 Å². The Hall–Kier alpha value is -0.135. The fourth-order valence-corrected chi connectivity index (χ4v) is 2.27. The molecule has 2 aliphatic heterocycles. The van der Waals surface area contributed by atoms with Gasteiger partial charge in [0.2, 0.25) is 0 Å². The maximum atomic E-state index is 11.0. The van der Waals surface area contributed by atoms with Gasteiger partial charge in [0.05, 0.1) is 12.6 Å². The number of fused-ring (bicyclic) bond motifs is 1. The van der Waals surface area contributed by atoms with Crippen molar-refractivity contribution in [2.45, 2.75) is 24.3 Å². The molecule has 0 aliphatic carbocycles. The zero-order chi connectivity index (χ0) is 11.9. The third-order valence-corrected chi connectivity index (χ3v) is 3.11. The van der Waals surface area contributed by atoms with Crippen molar-refractivity contribution in [1.82, 2.24) is 0 Å². The average Bonchev–Trinajstić information content (AvgIpc) is 2.62. The Balaban J connectivity index is 1.96. The molecule has 0 aromatic heterocycles. The van der Waals surface area contributed by atoms with E-state index >= 15 is 0 Å². The van der Waals surface area contributed by atoms with Crippen molar-refractivity contribution in [2.75, 3.05) is 13.3 Å². The van der Waals surface area contributed by atoms with Crippen LogP contribution in [-0.4, -0.2) is 55.6 Å². The Morgan fingerprint density at radius 3 is 2.81 bits per heavy atom. The van der Waals surface area contributed by atoms with Crippen LogP contribution in [0.5, 0.6) is 0 Å². The summed E-state index contributed by atoms with van der Waals surface area (Å²) in [5.41, 5.74) is 0. The highest BCUT2D eigenvalue weighted by molar-refractivity contribution is 7.79. The second-order valence-corrected chi connectivity index (χ2v) is 5.85. The lowest BCUT2D eigenvalue weighted by atomic mass is 9.93. The molecule has 0 spiro atoms. The lowest BCUT2D eigenvalue weighted by Gasteiger charge is -2.16. The van der Waals surface area contributed by atoms with Crippen LogP contribution in [0.3, 0.4) is 0 Å². The number of hydrogen-bond donors (Lipinski definition) is 1. The van der Waals surface area contributed by atoms with Crippen LogP contribution in [0.25, 0.3) is 0 Å². The van der Waals surface area contributed by atoms with Crippen molar-refractivity contribution in [3.05, 3.63) is 0 Å². The normalized spacial score (nSPS) is 41.0. The third-order valence-electron chi connectivity index (χ3n) is 2.29. The minimum atomic E-state index is -3.54. The predicted octanol–water partition coefficient (Wildman–Crippen LogP) is -0.220. The van der Waals surface area contributed by atoms with Gasteiger partial charge in [-0.05, 0) is 0 Å². The molecule has 1 N–H and O–H groups in total. The molecule has 9 heteroatoms. The highest BCUT2D eigenvalue weighted by atomic mass is 32.1. The van der Waals surface area contributed by atoms with E-state index in [0.717, 1.165) is 6.66 Å². The van der Waals surface area contributed by atoms with Gasteiger partial charge < -0.3 is 23.6 Å². The zero-order valence-electron chi connectivity index (χ0n) is 8.44. The van der Waals surface area contributed by atoms with Crippen LogP contribution >= 0.6 is 19.8 Å². The highest BCUT2D eigenvalue weighted by Gasteiger charge is 2.50. The molecule has 6 nitrogen and oxygen atoms in total. The van der Waals surface area contributed by atoms with Gasteiger partial charge in [0.1, 0.15) is 14.0 Å². The molecule has 2 radical (unpaired) electrons. The molecule has 0 bridgehead atoms. The van der Waals surface area contributed by atoms with Crippen LogP contribution in [-0.2, 0) is 23.3 Å². The molecule has 2 heterocycles. The van der Waals surface area contributed by atoms with E-state index in [1.165, 1.54) is 0 Å². The van der Waals surface area contributed by atoms with Gasteiger partial charge in [0, 0.05) is 18.9 Å². The van der Waals surface area contributed by atoms with E-state index in [-0.39, 0.29) is 11.8 Å². The maximum absolute atomic E-state index is 11.0. The minimum absolute atomic E-state index is 0.0161. The summed E-state index contributed by atoms with van der Waals surface area (Å²) in [5.74, 6) is 0. The zero-order valence-corrected chi connectivity index (χ0v) is 10.1. The van der Waals surface area contributed by atoms with Gasteiger partial charge in [-0.1, -0.05) is 0 Å². The summed E-state index contributed by atoms with van der Waals surface area (Å²) in [4.78, 5) is 8.99. The van der Waals surface area contributed by atoms with Crippen molar-refractivity contribution in [3.8, 4) is 0 Å². The maximum Gasteiger partial charge on any atom is 0.353 e. The summed E-state index contributed by atoms with van der Waals surface area (Å²) in [5, 5.41) is 0.0161. The molecule has 2 aliphatic rings. The van der Waals surface area contributed by atoms with Gasteiger partial charge in [0.25, 0.3) is 0 Å². The number of thiocarbonyl (C=S) groups is 1. The first-order chi connectivity index (χ1) is 7.37. The van der Waals surface area contributed by atoms with Gasteiger partial charge in [-0.15, -0.1) is 0 Å². The standard InChI is InChI=1S/C7H10BO6PS/c1-15(9,10)11-2-3-4-5(6(8)12-3)14-7(16)13-4/h3-6H,2H2,1H3,(H,9,10). The van der Waals surface area contributed by atoms with Crippen molar-refractivity contribution >= 4 is 32.9 Å².